The number of carbonyl (C=O) groups is 1. The highest BCUT2D eigenvalue weighted by molar-refractivity contribution is 5.75. The molecule has 0 spiro atoms. The van der Waals surface area contributed by atoms with Gasteiger partial charge in [-0.2, -0.15) is 0 Å². The molecule has 1 unspecified atom stereocenters. The second-order valence-corrected chi connectivity index (χ2v) is 2.95. The zero-order valence-corrected chi connectivity index (χ0v) is 7.45. The van der Waals surface area contributed by atoms with Crippen LogP contribution in [0.25, 0.3) is 0 Å². The number of rotatable bonds is 0. The Morgan fingerprint density at radius 3 is 2.83 bits per heavy atom. The van der Waals surface area contributed by atoms with E-state index in [4.69, 9.17) is 0 Å². The minimum atomic E-state index is 0.0180. The summed E-state index contributed by atoms with van der Waals surface area (Å²) in [4.78, 5) is 12.5. The fourth-order valence-electron chi connectivity index (χ4n) is 0.933. The summed E-state index contributed by atoms with van der Waals surface area (Å²) in [5.41, 5.74) is 1.02. The molecule has 2 heteroatoms. The number of carbonyl (C=O) groups excluding carboxylic acids is 1. The highest BCUT2D eigenvalue weighted by Gasteiger charge is 2.07. The van der Waals surface area contributed by atoms with Crippen molar-refractivity contribution in [2.24, 2.45) is 5.92 Å². The van der Waals surface area contributed by atoms with Gasteiger partial charge in [0.15, 0.2) is 0 Å². The van der Waals surface area contributed by atoms with Crippen LogP contribution >= 0.6 is 0 Å². The fourth-order valence-corrected chi connectivity index (χ4v) is 0.933. The molecule has 1 amide bonds. The van der Waals surface area contributed by atoms with Gasteiger partial charge < -0.3 is 0 Å². The Morgan fingerprint density at radius 2 is 2.25 bits per heavy atom. The third-order valence-electron chi connectivity index (χ3n) is 1.93. The Balaban J connectivity index is 2.85. The minimum Gasteiger partial charge on any atom is -0.295 e. The monoisotopic (exact) mass is 163 g/mol. The molecule has 64 valence electrons. The van der Waals surface area contributed by atoms with E-state index in [0.29, 0.717) is 5.92 Å². The van der Waals surface area contributed by atoms with Gasteiger partial charge in [-0.05, 0) is 11.6 Å². The molecule has 0 bridgehead atoms. The van der Waals surface area contributed by atoms with Crippen LogP contribution in [0.2, 0.25) is 0 Å². The van der Waals surface area contributed by atoms with E-state index in [9.17, 15) is 4.79 Å². The lowest BCUT2D eigenvalue weighted by atomic mass is 10.0. The predicted octanol–water partition coefficient (Wildman–Crippen LogP) is 2.07. The Kier molecular flexibility index (Phi) is 2.48. The first-order chi connectivity index (χ1) is 5.61. The summed E-state index contributed by atoms with van der Waals surface area (Å²) in [5.74, 6) is 0.329. The van der Waals surface area contributed by atoms with Crippen molar-refractivity contribution < 1.29 is 4.79 Å². The van der Waals surface area contributed by atoms with Gasteiger partial charge in [0.05, 0.1) is 0 Å². The van der Waals surface area contributed by atoms with Crippen LogP contribution in [0, 0.1) is 5.92 Å². The van der Waals surface area contributed by atoms with Crippen molar-refractivity contribution in [3.63, 3.8) is 0 Å². The Morgan fingerprint density at radius 1 is 1.58 bits per heavy atom. The number of amides is 1. The number of hydrogen-bond donors (Lipinski definition) is 0. The molecule has 12 heavy (non-hydrogen) atoms. The van der Waals surface area contributed by atoms with Gasteiger partial charge in [0.1, 0.15) is 0 Å². The first-order valence-corrected chi connectivity index (χ1v) is 3.95. The van der Waals surface area contributed by atoms with E-state index >= 15 is 0 Å². The average Bonchev–Trinajstić information content (AvgIpc) is 2.16. The molecule has 0 saturated heterocycles. The maximum Gasteiger partial charge on any atom is 0.227 e. The van der Waals surface area contributed by atoms with Gasteiger partial charge in [-0.15, -0.1) is 0 Å². The van der Waals surface area contributed by atoms with Gasteiger partial charge in [-0.25, -0.2) is 0 Å². The van der Waals surface area contributed by atoms with Crippen molar-refractivity contribution in [3.05, 3.63) is 36.7 Å². The predicted molar refractivity (Wildman–Crippen MR) is 49.1 cm³/mol. The maximum absolute atomic E-state index is 11.0. The van der Waals surface area contributed by atoms with E-state index in [2.05, 4.69) is 6.58 Å². The zero-order valence-electron chi connectivity index (χ0n) is 7.45. The molecule has 0 aromatic rings. The SMILES string of the molecule is C=C1C=CN(C(C)=O)C=CC1C. The summed E-state index contributed by atoms with van der Waals surface area (Å²) < 4.78 is 0. The molecule has 1 aliphatic rings. The molecular weight excluding hydrogens is 150 g/mol. The fraction of sp³-hybridized carbons (Fsp3) is 0.300. The molecule has 1 heterocycles. The van der Waals surface area contributed by atoms with Gasteiger partial charge in [0.2, 0.25) is 5.91 Å². The standard InChI is InChI=1S/C10H13NO/c1-8-4-6-11(10(3)12)7-5-9(8)2/h4-7,9H,1H2,2-3H3. The molecule has 0 radical (unpaired) electrons. The second kappa shape index (κ2) is 3.39. The summed E-state index contributed by atoms with van der Waals surface area (Å²) in [6.45, 7) is 7.46. The van der Waals surface area contributed by atoms with Crippen LogP contribution in [0.4, 0.5) is 0 Å². The van der Waals surface area contributed by atoms with Gasteiger partial charge in [0.25, 0.3) is 0 Å². The molecular formula is C10H13NO. The van der Waals surface area contributed by atoms with E-state index in [1.807, 2.05) is 19.1 Å². The summed E-state index contributed by atoms with van der Waals surface area (Å²) >= 11 is 0. The van der Waals surface area contributed by atoms with Crippen LogP contribution < -0.4 is 0 Å². The van der Waals surface area contributed by atoms with Crippen molar-refractivity contribution in [2.75, 3.05) is 0 Å². The molecule has 0 saturated carbocycles. The lowest BCUT2D eigenvalue weighted by Gasteiger charge is -2.07. The summed E-state index contributed by atoms with van der Waals surface area (Å²) in [7, 11) is 0. The van der Waals surface area contributed by atoms with Crippen LogP contribution in [0.1, 0.15) is 13.8 Å². The summed E-state index contributed by atoms with van der Waals surface area (Å²) in [6.07, 6.45) is 7.35. The molecule has 0 N–H and O–H groups in total. The van der Waals surface area contributed by atoms with E-state index in [1.54, 1.807) is 17.3 Å². The van der Waals surface area contributed by atoms with Crippen molar-refractivity contribution in [1.82, 2.24) is 4.90 Å². The number of hydrogen-bond acceptors (Lipinski definition) is 1. The average molecular weight is 163 g/mol. The first-order valence-electron chi connectivity index (χ1n) is 3.95. The molecule has 1 rings (SSSR count). The topological polar surface area (TPSA) is 20.3 Å². The molecule has 0 aromatic heterocycles. The van der Waals surface area contributed by atoms with Crippen LogP contribution in [-0.4, -0.2) is 10.8 Å². The second-order valence-electron chi connectivity index (χ2n) is 2.95. The third-order valence-corrected chi connectivity index (χ3v) is 1.93. The van der Waals surface area contributed by atoms with Crippen molar-refractivity contribution >= 4 is 5.91 Å². The van der Waals surface area contributed by atoms with Crippen LogP contribution in [0.5, 0.6) is 0 Å². The first kappa shape index (κ1) is 8.78. The lowest BCUT2D eigenvalue weighted by Crippen LogP contribution is -2.14. The van der Waals surface area contributed by atoms with Crippen LogP contribution in [0.15, 0.2) is 36.7 Å². The summed E-state index contributed by atoms with van der Waals surface area (Å²) in [6, 6.07) is 0. The Hall–Kier alpha value is -1.31. The zero-order chi connectivity index (χ0) is 9.14. The molecule has 0 fully saturated rings. The van der Waals surface area contributed by atoms with Crippen molar-refractivity contribution in [3.8, 4) is 0 Å². The van der Waals surface area contributed by atoms with Crippen LogP contribution in [-0.2, 0) is 4.79 Å². The minimum absolute atomic E-state index is 0.0180. The van der Waals surface area contributed by atoms with E-state index in [0.717, 1.165) is 5.57 Å². The smallest absolute Gasteiger partial charge is 0.227 e. The molecule has 1 aliphatic heterocycles. The van der Waals surface area contributed by atoms with Crippen molar-refractivity contribution in [2.45, 2.75) is 13.8 Å². The van der Waals surface area contributed by atoms with Gasteiger partial charge >= 0.3 is 0 Å². The molecule has 0 aliphatic carbocycles. The number of allylic oxidation sites excluding steroid dienone is 3. The highest BCUT2D eigenvalue weighted by atomic mass is 16.2. The quantitative estimate of drug-likeness (QED) is 0.535. The Bertz CT molecular complexity index is 263. The summed E-state index contributed by atoms with van der Waals surface area (Å²) in [5, 5.41) is 0. The molecule has 1 atom stereocenters. The van der Waals surface area contributed by atoms with Gasteiger partial charge in [-0.3, -0.25) is 9.69 Å². The molecule has 2 nitrogen and oxygen atoms in total. The van der Waals surface area contributed by atoms with Gasteiger partial charge in [-0.1, -0.05) is 19.6 Å². The van der Waals surface area contributed by atoms with E-state index < -0.39 is 0 Å². The van der Waals surface area contributed by atoms with Crippen molar-refractivity contribution in [1.29, 1.82) is 0 Å². The third kappa shape index (κ3) is 1.84. The van der Waals surface area contributed by atoms with E-state index in [-0.39, 0.29) is 5.91 Å². The maximum atomic E-state index is 11.0. The lowest BCUT2D eigenvalue weighted by molar-refractivity contribution is -0.124. The van der Waals surface area contributed by atoms with Gasteiger partial charge in [0, 0.05) is 25.2 Å². The Labute approximate surface area is 72.9 Å². The largest absolute Gasteiger partial charge is 0.295 e. The van der Waals surface area contributed by atoms with E-state index in [1.165, 1.54) is 6.92 Å². The normalized spacial score (nSPS) is 22.7. The van der Waals surface area contributed by atoms with Crippen LogP contribution in [0.3, 0.4) is 0 Å². The number of nitrogens with zero attached hydrogens (tertiary/aromatic N) is 1. The molecule has 0 aromatic carbocycles. The highest BCUT2D eigenvalue weighted by Crippen LogP contribution is 2.15.